The van der Waals surface area contributed by atoms with Crippen molar-refractivity contribution in [3.8, 4) is 22.5 Å². The van der Waals surface area contributed by atoms with E-state index in [4.69, 9.17) is 0 Å². The minimum Gasteiger partial charge on any atom is -0.302 e. The minimum absolute atomic E-state index is 0.0721. The van der Waals surface area contributed by atoms with Crippen LogP contribution < -0.4 is 10.6 Å². The van der Waals surface area contributed by atoms with Gasteiger partial charge in [0.05, 0.1) is 11.4 Å². The third-order valence-corrected chi connectivity index (χ3v) is 7.09. The van der Waals surface area contributed by atoms with Gasteiger partial charge in [-0.1, -0.05) is 60.7 Å². The summed E-state index contributed by atoms with van der Waals surface area (Å²) in [6, 6.07) is 19.7. The topological polar surface area (TPSA) is 84.0 Å². The van der Waals surface area contributed by atoms with E-state index in [1.165, 1.54) is 22.7 Å². The number of carbonyl (C=O) groups is 2. The third-order valence-electron chi connectivity index (χ3n) is 4.59. The molecule has 2 N–H and O–H groups in total. The van der Waals surface area contributed by atoms with Gasteiger partial charge in [0.25, 0.3) is 0 Å². The summed E-state index contributed by atoms with van der Waals surface area (Å²) in [5.74, 6) is 1.14. The SMILES string of the molecule is O=C(CCSCCC(=O)Nc1nc(-c2ccccc2)cs1)Nc1nc(-c2ccccc2)cs1. The van der Waals surface area contributed by atoms with Gasteiger partial charge in [0.2, 0.25) is 11.8 Å². The summed E-state index contributed by atoms with van der Waals surface area (Å²) in [6.45, 7) is 0. The highest BCUT2D eigenvalue weighted by Crippen LogP contribution is 2.26. The fourth-order valence-corrected chi connectivity index (χ4v) is 5.28. The van der Waals surface area contributed by atoms with E-state index in [0.29, 0.717) is 34.6 Å². The number of thiazole rings is 2. The van der Waals surface area contributed by atoms with Gasteiger partial charge in [0.15, 0.2) is 10.3 Å². The molecule has 0 aliphatic heterocycles. The van der Waals surface area contributed by atoms with Crippen LogP contribution in [0.5, 0.6) is 0 Å². The van der Waals surface area contributed by atoms with Gasteiger partial charge in [-0.05, 0) is 0 Å². The molecule has 2 aromatic carbocycles. The smallest absolute Gasteiger partial charge is 0.226 e. The molecule has 6 nitrogen and oxygen atoms in total. The fraction of sp³-hybridized carbons (Fsp3) is 0.167. The third kappa shape index (κ3) is 6.98. The number of thioether (sulfide) groups is 1. The molecule has 9 heteroatoms. The summed E-state index contributed by atoms with van der Waals surface area (Å²) in [6.07, 6.45) is 0.749. The Labute approximate surface area is 204 Å². The van der Waals surface area contributed by atoms with E-state index in [9.17, 15) is 9.59 Å². The lowest BCUT2D eigenvalue weighted by Crippen LogP contribution is -2.13. The average molecular weight is 495 g/mol. The van der Waals surface area contributed by atoms with Crippen LogP contribution in [-0.4, -0.2) is 33.3 Å². The molecule has 0 atom stereocenters. The number of aromatic nitrogens is 2. The summed E-state index contributed by atoms with van der Waals surface area (Å²) in [5.41, 5.74) is 3.76. The number of anilines is 2. The first kappa shape index (κ1) is 23.2. The molecule has 2 heterocycles. The first-order valence-corrected chi connectivity index (χ1v) is 13.3. The molecule has 0 saturated carbocycles. The Bertz CT molecular complexity index is 1100. The normalized spacial score (nSPS) is 10.7. The largest absolute Gasteiger partial charge is 0.302 e. The summed E-state index contributed by atoms with van der Waals surface area (Å²) in [4.78, 5) is 33.3. The number of nitrogens with one attached hydrogen (secondary N) is 2. The molecule has 168 valence electrons. The van der Waals surface area contributed by atoms with E-state index in [1.807, 2.05) is 71.4 Å². The maximum Gasteiger partial charge on any atom is 0.226 e. The Morgan fingerprint density at radius 1 is 0.697 bits per heavy atom. The first-order valence-electron chi connectivity index (χ1n) is 10.4. The van der Waals surface area contributed by atoms with Crippen molar-refractivity contribution < 1.29 is 9.59 Å². The molecule has 0 unspecified atom stereocenters. The molecule has 0 aliphatic rings. The molecule has 4 aromatic rings. The van der Waals surface area contributed by atoms with Crippen LogP contribution in [0.2, 0.25) is 0 Å². The number of benzene rings is 2. The first-order chi connectivity index (χ1) is 16.2. The van der Waals surface area contributed by atoms with Crippen molar-refractivity contribution in [3.05, 3.63) is 71.4 Å². The second-order valence-corrected chi connectivity index (χ2v) is 9.96. The lowest BCUT2D eigenvalue weighted by Gasteiger charge is -2.03. The molecular formula is C24H22N4O2S3. The number of carbonyl (C=O) groups excluding carboxylic acids is 2. The molecule has 0 bridgehead atoms. The Balaban J connectivity index is 1.12. The predicted octanol–water partition coefficient (Wildman–Crippen LogP) is 6.02. The second-order valence-electron chi connectivity index (χ2n) is 7.02. The number of hydrogen-bond donors (Lipinski definition) is 2. The van der Waals surface area contributed by atoms with E-state index in [-0.39, 0.29) is 11.8 Å². The van der Waals surface area contributed by atoms with E-state index in [2.05, 4.69) is 20.6 Å². The fourth-order valence-electron chi connectivity index (χ4n) is 2.94. The Morgan fingerprint density at radius 2 is 1.12 bits per heavy atom. The van der Waals surface area contributed by atoms with Crippen molar-refractivity contribution in [3.63, 3.8) is 0 Å². The van der Waals surface area contributed by atoms with Crippen molar-refractivity contribution in [2.24, 2.45) is 0 Å². The molecule has 33 heavy (non-hydrogen) atoms. The van der Waals surface area contributed by atoms with Gasteiger partial charge >= 0.3 is 0 Å². The highest BCUT2D eigenvalue weighted by atomic mass is 32.2. The summed E-state index contributed by atoms with van der Waals surface area (Å²) in [7, 11) is 0. The van der Waals surface area contributed by atoms with Crippen LogP contribution in [0.3, 0.4) is 0 Å². The molecule has 0 aliphatic carbocycles. The van der Waals surface area contributed by atoms with Crippen LogP contribution in [0.1, 0.15) is 12.8 Å². The van der Waals surface area contributed by atoms with Crippen LogP contribution in [0, 0.1) is 0 Å². The monoisotopic (exact) mass is 494 g/mol. The van der Waals surface area contributed by atoms with Crippen molar-refractivity contribution in [1.29, 1.82) is 0 Å². The maximum absolute atomic E-state index is 12.2. The summed E-state index contributed by atoms with van der Waals surface area (Å²) in [5, 5.41) is 10.8. The molecule has 0 spiro atoms. The highest BCUT2D eigenvalue weighted by Gasteiger charge is 2.10. The molecule has 0 radical (unpaired) electrons. The molecule has 0 saturated heterocycles. The van der Waals surface area contributed by atoms with Crippen LogP contribution in [0.4, 0.5) is 10.3 Å². The van der Waals surface area contributed by atoms with Gasteiger partial charge in [0.1, 0.15) is 0 Å². The van der Waals surface area contributed by atoms with Gasteiger partial charge < -0.3 is 10.6 Å². The molecule has 0 fully saturated rings. The van der Waals surface area contributed by atoms with Gasteiger partial charge in [-0.15, -0.1) is 22.7 Å². The Morgan fingerprint density at radius 3 is 1.55 bits per heavy atom. The van der Waals surface area contributed by atoms with E-state index >= 15 is 0 Å². The van der Waals surface area contributed by atoms with Crippen molar-refractivity contribution in [2.75, 3.05) is 22.1 Å². The second kappa shape index (κ2) is 11.7. The van der Waals surface area contributed by atoms with Gasteiger partial charge in [-0.2, -0.15) is 11.8 Å². The van der Waals surface area contributed by atoms with Crippen LogP contribution in [0.15, 0.2) is 71.4 Å². The lowest BCUT2D eigenvalue weighted by atomic mass is 10.2. The molecule has 2 aromatic heterocycles. The lowest BCUT2D eigenvalue weighted by molar-refractivity contribution is -0.116. The standard InChI is InChI=1S/C24H22N4O2S3/c29-21(27-23-25-19(15-32-23)17-7-3-1-4-8-17)11-13-31-14-12-22(30)28-24-26-20(16-33-24)18-9-5-2-6-10-18/h1-10,15-16H,11-14H2,(H,25,27,29)(H,26,28,30). The molecule has 4 rings (SSSR count). The van der Waals surface area contributed by atoms with E-state index in [0.717, 1.165) is 22.5 Å². The van der Waals surface area contributed by atoms with E-state index in [1.54, 1.807) is 11.8 Å². The Hall–Kier alpha value is -3.01. The predicted molar refractivity (Wildman–Crippen MR) is 139 cm³/mol. The van der Waals surface area contributed by atoms with Gasteiger partial charge in [-0.3, -0.25) is 9.59 Å². The van der Waals surface area contributed by atoms with Crippen LogP contribution in [0.25, 0.3) is 22.5 Å². The maximum atomic E-state index is 12.2. The number of rotatable bonds is 10. The van der Waals surface area contributed by atoms with Gasteiger partial charge in [-0.25, -0.2) is 9.97 Å². The summed E-state index contributed by atoms with van der Waals surface area (Å²) < 4.78 is 0. The highest BCUT2D eigenvalue weighted by molar-refractivity contribution is 7.99. The van der Waals surface area contributed by atoms with Crippen LogP contribution in [-0.2, 0) is 9.59 Å². The van der Waals surface area contributed by atoms with Crippen molar-refractivity contribution in [1.82, 2.24) is 9.97 Å². The Kier molecular flexibility index (Phi) is 8.24. The van der Waals surface area contributed by atoms with E-state index < -0.39 is 0 Å². The zero-order chi connectivity index (χ0) is 22.9. The quantitative estimate of drug-likeness (QED) is 0.263. The molecular weight excluding hydrogens is 472 g/mol. The zero-order valence-corrected chi connectivity index (χ0v) is 20.1. The minimum atomic E-state index is -0.0721. The van der Waals surface area contributed by atoms with Gasteiger partial charge in [0, 0.05) is 46.2 Å². The number of nitrogens with zero attached hydrogens (tertiary/aromatic N) is 2. The summed E-state index contributed by atoms with van der Waals surface area (Å²) >= 11 is 4.41. The zero-order valence-electron chi connectivity index (χ0n) is 17.7. The van der Waals surface area contributed by atoms with Crippen molar-refractivity contribution in [2.45, 2.75) is 12.8 Å². The van der Waals surface area contributed by atoms with Crippen LogP contribution >= 0.6 is 34.4 Å². The number of amides is 2. The molecule has 2 amide bonds. The average Bonchev–Trinajstić information content (AvgIpc) is 3.50. The van der Waals surface area contributed by atoms with Crippen molar-refractivity contribution >= 4 is 56.5 Å². The number of hydrogen-bond acceptors (Lipinski definition) is 7.